The van der Waals surface area contributed by atoms with Crippen LogP contribution in [0, 0.1) is 10.1 Å². The van der Waals surface area contributed by atoms with Crippen LogP contribution < -0.4 is 11.1 Å². The Morgan fingerprint density at radius 1 is 1.32 bits per heavy atom. The molecule has 0 atom stereocenters. The third kappa shape index (κ3) is 4.56. The van der Waals surface area contributed by atoms with E-state index in [1.807, 2.05) is 6.92 Å². The van der Waals surface area contributed by atoms with Gasteiger partial charge in [0.15, 0.2) is 0 Å². The Balaban J connectivity index is 1.92. The molecule has 1 heterocycles. The molecule has 1 amide bonds. The van der Waals surface area contributed by atoms with Crippen LogP contribution in [0.2, 0.25) is 0 Å². The maximum atomic E-state index is 11.8. The predicted molar refractivity (Wildman–Crippen MR) is 88.5 cm³/mol. The first-order valence-corrected chi connectivity index (χ1v) is 7.50. The molecule has 0 unspecified atom stereocenters. The average molecular weight is 347 g/mol. The highest BCUT2D eigenvalue weighted by Gasteiger charge is 2.17. The van der Waals surface area contributed by atoms with Gasteiger partial charge in [-0.25, -0.2) is 4.79 Å². The van der Waals surface area contributed by atoms with Crippen molar-refractivity contribution < 1.29 is 23.7 Å². The highest BCUT2D eigenvalue weighted by molar-refractivity contribution is 5.94. The quantitative estimate of drug-likeness (QED) is 0.323. The molecule has 1 aromatic carbocycles. The Morgan fingerprint density at radius 2 is 2.08 bits per heavy atom. The second-order valence-electron chi connectivity index (χ2n) is 5.04. The van der Waals surface area contributed by atoms with E-state index in [4.69, 9.17) is 14.9 Å². The molecule has 0 fully saturated rings. The van der Waals surface area contributed by atoms with Crippen LogP contribution in [0.1, 0.15) is 33.6 Å². The van der Waals surface area contributed by atoms with E-state index >= 15 is 0 Å². The minimum Gasteiger partial charge on any atom is -0.458 e. The summed E-state index contributed by atoms with van der Waals surface area (Å²) in [4.78, 5) is 33.3. The Hall–Kier alpha value is -3.36. The number of aryl methyl sites for hydroxylation is 1. The molecule has 2 aromatic rings. The smallest absolute Gasteiger partial charge is 0.374 e. The van der Waals surface area contributed by atoms with Crippen molar-refractivity contribution in [3.63, 3.8) is 0 Å². The minimum absolute atomic E-state index is 0.0181. The molecule has 0 saturated heterocycles. The van der Waals surface area contributed by atoms with Crippen LogP contribution in [0.25, 0.3) is 0 Å². The molecule has 0 spiro atoms. The maximum Gasteiger partial charge on any atom is 0.374 e. The number of esters is 1. The van der Waals surface area contributed by atoms with Crippen LogP contribution in [0.15, 0.2) is 34.7 Å². The van der Waals surface area contributed by atoms with Crippen molar-refractivity contribution in [2.75, 3.05) is 18.5 Å². The van der Waals surface area contributed by atoms with E-state index in [2.05, 4.69) is 5.32 Å². The van der Waals surface area contributed by atoms with Crippen LogP contribution in [0.4, 0.5) is 11.4 Å². The van der Waals surface area contributed by atoms with Crippen LogP contribution >= 0.6 is 0 Å². The SMILES string of the molecule is CCc1ccc(C(=O)OCCNc2ccc(C(N)=O)cc2[N+](=O)[O-])o1. The molecule has 0 aliphatic carbocycles. The van der Waals surface area contributed by atoms with Gasteiger partial charge in [0, 0.05) is 24.6 Å². The molecule has 0 saturated carbocycles. The van der Waals surface area contributed by atoms with Crippen molar-refractivity contribution in [2.45, 2.75) is 13.3 Å². The van der Waals surface area contributed by atoms with E-state index in [9.17, 15) is 19.7 Å². The van der Waals surface area contributed by atoms with E-state index in [0.29, 0.717) is 12.2 Å². The highest BCUT2D eigenvalue weighted by atomic mass is 16.6. The fraction of sp³-hybridized carbons (Fsp3) is 0.250. The fourth-order valence-corrected chi connectivity index (χ4v) is 2.06. The van der Waals surface area contributed by atoms with Crippen molar-refractivity contribution in [1.29, 1.82) is 0 Å². The number of hydrogen-bond acceptors (Lipinski definition) is 7. The molecule has 0 radical (unpaired) electrons. The number of anilines is 1. The van der Waals surface area contributed by atoms with Crippen molar-refractivity contribution in [2.24, 2.45) is 5.73 Å². The van der Waals surface area contributed by atoms with Crippen LogP contribution in [-0.2, 0) is 11.2 Å². The number of amides is 1. The summed E-state index contributed by atoms with van der Waals surface area (Å²) < 4.78 is 10.3. The third-order valence-electron chi connectivity index (χ3n) is 3.34. The lowest BCUT2D eigenvalue weighted by atomic mass is 10.1. The highest BCUT2D eigenvalue weighted by Crippen LogP contribution is 2.25. The van der Waals surface area contributed by atoms with Gasteiger partial charge in [0.2, 0.25) is 11.7 Å². The average Bonchev–Trinajstić information content (AvgIpc) is 3.07. The number of nitrogens with zero attached hydrogens (tertiary/aromatic N) is 1. The largest absolute Gasteiger partial charge is 0.458 e. The Kier molecular flexibility index (Phi) is 5.72. The lowest BCUT2D eigenvalue weighted by molar-refractivity contribution is -0.384. The second-order valence-corrected chi connectivity index (χ2v) is 5.04. The summed E-state index contributed by atoms with van der Waals surface area (Å²) in [5, 5.41) is 13.9. The molecule has 3 N–H and O–H groups in total. The fourth-order valence-electron chi connectivity index (χ4n) is 2.06. The summed E-state index contributed by atoms with van der Waals surface area (Å²) in [5.74, 6) is -0.586. The monoisotopic (exact) mass is 347 g/mol. The Morgan fingerprint density at radius 3 is 2.68 bits per heavy atom. The van der Waals surface area contributed by atoms with Crippen LogP contribution in [0.3, 0.4) is 0 Å². The summed E-state index contributed by atoms with van der Waals surface area (Å²) in [7, 11) is 0. The molecule has 9 heteroatoms. The third-order valence-corrected chi connectivity index (χ3v) is 3.34. The number of furan rings is 1. The standard InChI is InChI=1S/C16H17N3O6/c1-2-11-4-6-14(25-11)16(21)24-8-7-18-12-5-3-10(15(17)20)9-13(12)19(22)23/h3-6,9,18H,2,7-8H2,1H3,(H2,17,20). The van der Waals surface area contributed by atoms with E-state index in [-0.39, 0.29) is 35.9 Å². The number of hydrogen-bond donors (Lipinski definition) is 2. The van der Waals surface area contributed by atoms with Gasteiger partial charge in [-0.15, -0.1) is 0 Å². The number of nitrogens with one attached hydrogen (secondary N) is 1. The predicted octanol–water partition coefficient (Wildman–Crippen LogP) is 2.12. The lowest BCUT2D eigenvalue weighted by Crippen LogP contribution is -2.15. The van der Waals surface area contributed by atoms with E-state index in [0.717, 1.165) is 6.07 Å². The Bertz CT molecular complexity index is 799. The second kappa shape index (κ2) is 7.95. The molecule has 132 valence electrons. The van der Waals surface area contributed by atoms with Gasteiger partial charge in [0.1, 0.15) is 18.1 Å². The number of carbonyl (C=O) groups excluding carboxylic acids is 2. The van der Waals surface area contributed by atoms with Gasteiger partial charge in [-0.05, 0) is 24.3 Å². The zero-order valence-electron chi connectivity index (χ0n) is 13.5. The zero-order valence-corrected chi connectivity index (χ0v) is 13.5. The minimum atomic E-state index is -0.756. The molecule has 0 aliphatic rings. The summed E-state index contributed by atoms with van der Waals surface area (Å²) in [5.41, 5.74) is 5.04. The molecule has 2 rings (SSSR count). The molecule has 9 nitrogen and oxygen atoms in total. The summed E-state index contributed by atoms with van der Waals surface area (Å²) >= 11 is 0. The summed E-state index contributed by atoms with van der Waals surface area (Å²) in [6.07, 6.45) is 0.666. The number of carbonyl (C=O) groups is 2. The number of nitro benzene ring substituents is 1. The van der Waals surface area contributed by atoms with Crippen molar-refractivity contribution in [3.8, 4) is 0 Å². The maximum absolute atomic E-state index is 11.8. The molecule has 0 bridgehead atoms. The van der Waals surface area contributed by atoms with Crippen molar-refractivity contribution in [1.82, 2.24) is 0 Å². The summed E-state index contributed by atoms with van der Waals surface area (Å²) in [6, 6.07) is 7.06. The molecular formula is C16H17N3O6. The molecular weight excluding hydrogens is 330 g/mol. The van der Waals surface area contributed by atoms with Crippen molar-refractivity contribution in [3.05, 3.63) is 57.5 Å². The van der Waals surface area contributed by atoms with E-state index in [1.54, 1.807) is 6.07 Å². The topological polar surface area (TPSA) is 138 Å². The van der Waals surface area contributed by atoms with Crippen LogP contribution in [0.5, 0.6) is 0 Å². The van der Waals surface area contributed by atoms with Gasteiger partial charge in [0.25, 0.3) is 5.69 Å². The van der Waals surface area contributed by atoms with Crippen LogP contribution in [-0.4, -0.2) is 30.0 Å². The van der Waals surface area contributed by atoms with Gasteiger partial charge in [-0.1, -0.05) is 6.92 Å². The number of ether oxygens (including phenoxy) is 1. The molecule has 1 aromatic heterocycles. The van der Waals surface area contributed by atoms with Gasteiger partial charge in [0.05, 0.1) is 4.92 Å². The number of benzene rings is 1. The zero-order chi connectivity index (χ0) is 18.4. The van der Waals surface area contributed by atoms with E-state index < -0.39 is 16.8 Å². The van der Waals surface area contributed by atoms with Crippen molar-refractivity contribution >= 4 is 23.3 Å². The summed E-state index contributed by atoms with van der Waals surface area (Å²) in [6.45, 7) is 2.02. The van der Waals surface area contributed by atoms with Gasteiger partial charge >= 0.3 is 5.97 Å². The molecule has 25 heavy (non-hydrogen) atoms. The van der Waals surface area contributed by atoms with E-state index in [1.165, 1.54) is 18.2 Å². The first-order chi connectivity index (χ1) is 11.9. The van der Waals surface area contributed by atoms with Gasteiger partial charge in [-0.2, -0.15) is 0 Å². The number of rotatable bonds is 8. The Labute approximate surface area is 142 Å². The van der Waals surface area contributed by atoms with Gasteiger partial charge < -0.3 is 20.2 Å². The number of primary amides is 1. The first-order valence-electron chi connectivity index (χ1n) is 7.50. The number of nitro groups is 1. The molecule has 0 aliphatic heterocycles. The first kappa shape index (κ1) is 18.0. The number of nitrogens with two attached hydrogens (primary N) is 1. The van der Waals surface area contributed by atoms with Gasteiger partial charge in [-0.3, -0.25) is 14.9 Å². The lowest BCUT2D eigenvalue weighted by Gasteiger charge is -2.08. The normalized spacial score (nSPS) is 10.3.